The van der Waals surface area contributed by atoms with Crippen molar-refractivity contribution >= 4 is 33.3 Å². The van der Waals surface area contributed by atoms with Crippen molar-refractivity contribution in [3.05, 3.63) is 24.3 Å². The number of ether oxygens (including phenoxy) is 1. The van der Waals surface area contributed by atoms with Crippen LogP contribution in [-0.2, 0) is 24.3 Å². The predicted octanol–water partition coefficient (Wildman–Crippen LogP) is 0.728. The molecule has 1 N–H and O–H groups in total. The molecule has 1 aliphatic rings. The van der Waals surface area contributed by atoms with Crippen LogP contribution in [0.1, 0.15) is 13.3 Å². The summed E-state index contributed by atoms with van der Waals surface area (Å²) in [4.78, 5) is 22.1. The van der Waals surface area contributed by atoms with E-state index in [1.54, 1.807) is 24.3 Å². The second kappa shape index (κ2) is 6.13. The molecule has 1 fully saturated rings. The molecule has 0 atom stereocenters. The largest absolute Gasteiger partial charge is 0.456 e. The number of amides is 1. The molecule has 1 saturated heterocycles. The first-order valence-electron chi connectivity index (χ1n) is 6.42. The van der Waals surface area contributed by atoms with Gasteiger partial charge in [0, 0.05) is 19.2 Å². The van der Waals surface area contributed by atoms with Gasteiger partial charge in [0.05, 0.1) is 11.4 Å². The topological polar surface area (TPSA) is 92.8 Å². The van der Waals surface area contributed by atoms with Crippen molar-refractivity contribution in [3.8, 4) is 0 Å². The monoisotopic (exact) mass is 312 g/mol. The van der Waals surface area contributed by atoms with Gasteiger partial charge in [-0.05, 0) is 30.7 Å². The van der Waals surface area contributed by atoms with E-state index in [0.29, 0.717) is 24.3 Å². The summed E-state index contributed by atoms with van der Waals surface area (Å²) in [5.74, 6) is -0.820. The van der Waals surface area contributed by atoms with Gasteiger partial charge in [0.2, 0.25) is 10.0 Å². The molecular formula is C13H16N2O5S. The van der Waals surface area contributed by atoms with Crippen molar-refractivity contribution in [2.45, 2.75) is 13.3 Å². The molecule has 21 heavy (non-hydrogen) atoms. The van der Waals surface area contributed by atoms with Crippen LogP contribution < -0.4 is 9.62 Å². The Morgan fingerprint density at radius 3 is 2.48 bits per heavy atom. The number of benzene rings is 1. The van der Waals surface area contributed by atoms with Crippen LogP contribution in [0.15, 0.2) is 24.3 Å². The Morgan fingerprint density at radius 1 is 1.29 bits per heavy atom. The lowest BCUT2D eigenvalue weighted by Gasteiger charge is -2.17. The van der Waals surface area contributed by atoms with Gasteiger partial charge < -0.3 is 10.1 Å². The Balaban J connectivity index is 1.99. The minimum atomic E-state index is -3.21. The SMILES string of the molecule is CC(=O)OCC(=O)Nc1ccc(N2CCCS2(=O)=O)cc1. The van der Waals surface area contributed by atoms with E-state index in [9.17, 15) is 18.0 Å². The van der Waals surface area contributed by atoms with E-state index in [2.05, 4.69) is 10.1 Å². The minimum Gasteiger partial charge on any atom is -0.456 e. The van der Waals surface area contributed by atoms with Crippen LogP contribution in [0.3, 0.4) is 0 Å². The quantitative estimate of drug-likeness (QED) is 0.827. The normalized spacial score (nSPS) is 16.5. The van der Waals surface area contributed by atoms with Crippen LogP contribution in [0, 0.1) is 0 Å². The Labute approximate surface area is 122 Å². The van der Waals surface area contributed by atoms with Crippen LogP contribution in [0.4, 0.5) is 11.4 Å². The average molecular weight is 312 g/mol. The number of carbonyl (C=O) groups is 2. The van der Waals surface area contributed by atoms with E-state index in [1.807, 2.05) is 0 Å². The number of sulfonamides is 1. The molecule has 1 aromatic rings. The van der Waals surface area contributed by atoms with Crippen molar-refractivity contribution in [2.75, 3.05) is 28.5 Å². The van der Waals surface area contributed by atoms with Gasteiger partial charge in [0.1, 0.15) is 0 Å². The van der Waals surface area contributed by atoms with Gasteiger partial charge in [-0.2, -0.15) is 0 Å². The van der Waals surface area contributed by atoms with Gasteiger partial charge in [-0.25, -0.2) is 8.42 Å². The molecule has 1 amide bonds. The fourth-order valence-corrected chi connectivity index (χ4v) is 3.57. The highest BCUT2D eigenvalue weighted by Crippen LogP contribution is 2.25. The van der Waals surface area contributed by atoms with Crippen LogP contribution in [0.25, 0.3) is 0 Å². The fourth-order valence-electron chi connectivity index (χ4n) is 2.00. The van der Waals surface area contributed by atoms with Crippen LogP contribution in [-0.4, -0.2) is 39.2 Å². The zero-order chi connectivity index (χ0) is 15.5. The molecule has 114 valence electrons. The van der Waals surface area contributed by atoms with E-state index in [0.717, 1.165) is 0 Å². The lowest BCUT2D eigenvalue weighted by Crippen LogP contribution is -2.25. The number of esters is 1. The number of nitrogens with zero attached hydrogens (tertiary/aromatic N) is 1. The molecule has 0 radical (unpaired) electrons. The van der Waals surface area contributed by atoms with Crippen molar-refractivity contribution < 1.29 is 22.7 Å². The molecule has 7 nitrogen and oxygen atoms in total. The fraction of sp³-hybridized carbons (Fsp3) is 0.385. The van der Waals surface area contributed by atoms with Gasteiger partial charge in [-0.3, -0.25) is 13.9 Å². The van der Waals surface area contributed by atoms with E-state index >= 15 is 0 Å². The van der Waals surface area contributed by atoms with Gasteiger partial charge in [0.25, 0.3) is 5.91 Å². The average Bonchev–Trinajstić information content (AvgIpc) is 2.77. The third-order valence-electron chi connectivity index (χ3n) is 2.94. The minimum absolute atomic E-state index is 0.161. The second-order valence-electron chi connectivity index (χ2n) is 4.62. The maximum Gasteiger partial charge on any atom is 0.303 e. The molecule has 1 aliphatic heterocycles. The number of carbonyl (C=O) groups excluding carboxylic acids is 2. The molecule has 0 unspecified atom stereocenters. The molecule has 1 heterocycles. The summed E-state index contributed by atoms with van der Waals surface area (Å²) in [6.45, 7) is 1.34. The van der Waals surface area contributed by atoms with Gasteiger partial charge in [-0.15, -0.1) is 0 Å². The van der Waals surface area contributed by atoms with E-state index in [1.165, 1.54) is 11.2 Å². The Morgan fingerprint density at radius 2 is 1.95 bits per heavy atom. The molecule has 0 aliphatic carbocycles. The molecule has 0 bridgehead atoms. The van der Waals surface area contributed by atoms with Gasteiger partial charge in [0.15, 0.2) is 6.61 Å². The lowest BCUT2D eigenvalue weighted by atomic mass is 10.2. The molecule has 0 saturated carbocycles. The van der Waals surface area contributed by atoms with Crippen molar-refractivity contribution in [2.24, 2.45) is 0 Å². The third kappa shape index (κ3) is 3.94. The highest BCUT2D eigenvalue weighted by Gasteiger charge is 2.28. The Bertz CT molecular complexity index is 639. The first kappa shape index (κ1) is 15.3. The van der Waals surface area contributed by atoms with Gasteiger partial charge >= 0.3 is 5.97 Å². The van der Waals surface area contributed by atoms with E-state index in [4.69, 9.17) is 0 Å². The second-order valence-corrected chi connectivity index (χ2v) is 6.63. The zero-order valence-corrected chi connectivity index (χ0v) is 12.4. The van der Waals surface area contributed by atoms with Gasteiger partial charge in [-0.1, -0.05) is 0 Å². The molecule has 2 rings (SSSR count). The number of nitrogens with one attached hydrogen (secondary N) is 1. The maximum absolute atomic E-state index is 11.8. The van der Waals surface area contributed by atoms with E-state index < -0.39 is 21.9 Å². The summed E-state index contributed by atoms with van der Waals surface area (Å²) in [6.07, 6.45) is 0.614. The zero-order valence-electron chi connectivity index (χ0n) is 11.5. The first-order valence-corrected chi connectivity index (χ1v) is 8.03. The number of hydrogen-bond donors (Lipinski definition) is 1. The first-order chi connectivity index (χ1) is 9.88. The highest BCUT2D eigenvalue weighted by atomic mass is 32.2. The Hall–Kier alpha value is -2.09. The maximum atomic E-state index is 11.8. The highest BCUT2D eigenvalue weighted by molar-refractivity contribution is 7.93. The van der Waals surface area contributed by atoms with Crippen LogP contribution in [0.5, 0.6) is 0 Å². The summed E-state index contributed by atoms with van der Waals surface area (Å²) in [6, 6.07) is 6.47. The van der Waals surface area contributed by atoms with Crippen LogP contribution in [0.2, 0.25) is 0 Å². The predicted molar refractivity (Wildman–Crippen MR) is 77.5 cm³/mol. The van der Waals surface area contributed by atoms with Crippen molar-refractivity contribution in [3.63, 3.8) is 0 Å². The lowest BCUT2D eigenvalue weighted by molar-refractivity contribution is -0.144. The number of anilines is 2. The Kier molecular flexibility index (Phi) is 4.46. The summed E-state index contributed by atoms with van der Waals surface area (Å²) in [5, 5.41) is 2.55. The smallest absolute Gasteiger partial charge is 0.303 e. The molecule has 0 spiro atoms. The number of rotatable bonds is 4. The summed E-state index contributed by atoms with van der Waals surface area (Å²) in [5.41, 5.74) is 1.08. The molecule has 1 aromatic carbocycles. The van der Waals surface area contributed by atoms with Crippen molar-refractivity contribution in [1.29, 1.82) is 0 Å². The number of hydrogen-bond acceptors (Lipinski definition) is 5. The third-order valence-corrected chi connectivity index (χ3v) is 4.81. The van der Waals surface area contributed by atoms with Crippen LogP contribution >= 0.6 is 0 Å². The van der Waals surface area contributed by atoms with E-state index in [-0.39, 0.29) is 12.4 Å². The summed E-state index contributed by atoms with van der Waals surface area (Å²) >= 11 is 0. The molecular weight excluding hydrogens is 296 g/mol. The van der Waals surface area contributed by atoms with Crippen molar-refractivity contribution in [1.82, 2.24) is 0 Å². The summed E-state index contributed by atoms with van der Waals surface area (Å²) in [7, 11) is -3.21. The standard InChI is InChI=1S/C13H16N2O5S/c1-10(16)20-9-13(17)14-11-3-5-12(6-4-11)15-7-2-8-21(15,18)19/h3-6H,2,7-9H2,1H3,(H,14,17). The molecule has 8 heteroatoms. The molecule has 0 aromatic heterocycles. The summed E-state index contributed by atoms with van der Waals surface area (Å²) < 4.78 is 29.5.